The molecule has 1 aromatic rings. The van der Waals surface area contributed by atoms with E-state index < -0.39 is 53.1 Å². The van der Waals surface area contributed by atoms with E-state index in [0.717, 1.165) is 9.58 Å². The van der Waals surface area contributed by atoms with Crippen LogP contribution in [0.4, 0.5) is 13.2 Å². The third-order valence-electron chi connectivity index (χ3n) is 5.09. The third kappa shape index (κ3) is 4.60. The zero-order valence-electron chi connectivity index (χ0n) is 17.4. The SMILES string of the molecule is CC(=O)OCC1=C(C(=O)O)N2C(=O)[C@@H](NC(=O)[C@H](C)n3nc(C(F)(F)F)c(Br)c3C)[C@H]2SC1. The molecule has 0 unspecified atom stereocenters. The Kier molecular flexibility index (Phi) is 6.84. The zero-order valence-corrected chi connectivity index (χ0v) is 19.8. The minimum Gasteiger partial charge on any atom is -0.477 e. The summed E-state index contributed by atoms with van der Waals surface area (Å²) in [6.45, 7) is 3.57. The standard InChI is InChI=1S/C18H18BrF3N4O6S/c1-6-10(19)13(18(20,21)22)24-26(6)7(2)14(28)23-11-15(29)25-12(17(30)31)9(4-32-8(3)27)5-33-16(11)25/h7,11,16H,4-5H2,1-3H3,(H,23,28)(H,30,31)/t7-,11+,16+/m0/s1. The molecule has 0 saturated carbocycles. The first-order chi connectivity index (χ1) is 15.3. The number of hydrogen-bond acceptors (Lipinski definition) is 7. The molecule has 1 fully saturated rings. The van der Waals surface area contributed by atoms with Gasteiger partial charge in [0, 0.05) is 18.2 Å². The number of alkyl halides is 3. The Hall–Kier alpha value is -2.55. The molecule has 2 amide bonds. The van der Waals surface area contributed by atoms with Crippen molar-refractivity contribution >= 4 is 51.4 Å². The highest BCUT2D eigenvalue weighted by Crippen LogP contribution is 2.41. The second-order valence-corrected chi connectivity index (χ2v) is 9.20. The van der Waals surface area contributed by atoms with Crippen molar-refractivity contribution in [3.8, 4) is 0 Å². The number of nitrogens with one attached hydrogen (secondary N) is 1. The van der Waals surface area contributed by atoms with Gasteiger partial charge < -0.3 is 15.2 Å². The molecule has 2 aliphatic heterocycles. The summed E-state index contributed by atoms with van der Waals surface area (Å²) in [5, 5.41) is 14.8. The number of esters is 1. The Morgan fingerprint density at radius 2 is 2.03 bits per heavy atom. The van der Waals surface area contributed by atoms with Crippen molar-refractivity contribution in [3.63, 3.8) is 0 Å². The highest BCUT2D eigenvalue weighted by atomic mass is 79.9. The van der Waals surface area contributed by atoms with Gasteiger partial charge in [-0.1, -0.05) is 0 Å². The summed E-state index contributed by atoms with van der Waals surface area (Å²) in [5.74, 6) is -3.30. The van der Waals surface area contributed by atoms with Crippen LogP contribution in [0.1, 0.15) is 31.3 Å². The van der Waals surface area contributed by atoms with Crippen LogP contribution in [0.25, 0.3) is 0 Å². The number of carbonyl (C=O) groups excluding carboxylic acids is 3. The number of carboxylic acids is 1. The number of ether oxygens (including phenoxy) is 1. The fourth-order valence-corrected chi connectivity index (χ4v) is 5.24. The number of hydrogen-bond donors (Lipinski definition) is 2. The highest BCUT2D eigenvalue weighted by Gasteiger charge is 2.54. The average Bonchev–Trinajstić information content (AvgIpc) is 3.03. The van der Waals surface area contributed by atoms with Gasteiger partial charge in [-0.25, -0.2) is 4.79 Å². The lowest BCUT2D eigenvalue weighted by atomic mass is 10.0. The largest absolute Gasteiger partial charge is 0.477 e. The quantitative estimate of drug-likeness (QED) is 0.402. The molecule has 0 radical (unpaired) electrons. The molecular formula is C18H18BrF3N4O6S. The van der Waals surface area contributed by atoms with E-state index in [-0.39, 0.29) is 33.8 Å². The molecule has 1 aromatic heterocycles. The number of amides is 2. The Balaban J connectivity index is 1.76. The van der Waals surface area contributed by atoms with Crippen LogP contribution >= 0.6 is 27.7 Å². The lowest BCUT2D eigenvalue weighted by Crippen LogP contribution is -2.71. The van der Waals surface area contributed by atoms with Crippen LogP contribution in [0.15, 0.2) is 15.7 Å². The molecule has 2 N–H and O–H groups in total. The maximum atomic E-state index is 13.1. The molecule has 0 aliphatic carbocycles. The second-order valence-electron chi connectivity index (χ2n) is 7.30. The molecular weight excluding hydrogens is 537 g/mol. The number of aliphatic carboxylic acids is 1. The van der Waals surface area contributed by atoms with E-state index in [1.165, 1.54) is 32.5 Å². The van der Waals surface area contributed by atoms with E-state index in [4.69, 9.17) is 4.74 Å². The predicted molar refractivity (Wildman–Crippen MR) is 111 cm³/mol. The molecule has 10 nitrogen and oxygen atoms in total. The van der Waals surface area contributed by atoms with Gasteiger partial charge in [0.1, 0.15) is 29.8 Å². The van der Waals surface area contributed by atoms with Gasteiger partial charge in [-0.3, -0.25) is 24.0 Å². The summed E-state index contributed by atoms with van der Waals surface area (Å²) >= 11 is 4.01. The highest BCUT2D eigenvalue weighted by molar-refractivity contribution is 9.10. The van der Waals surface area contributed by atoms with Crippen molar-refractivity contribution in [1.82, 2.24) is 20.0 Å². The van der Waals surface area contributed by atoms with Crippen molar-refractivity contribution in [2.24, 2.45) is 0 Å². The van der Waals surface area contributed by atoms with Gasteiger partial charge in [-0.15, -0.1) is 11.8 Å². The van der Waals surface area contributed by atoms with E-state index in [1.807, 2.05) is 0 Å². The van der Waals surface area contributed by atoms with Crippen LogP contribution in [-0.4, -0.2) is 67.3 Å². The van der Waals surface area contributed by atoms with Crippen molar-refractivity contribution in [1.29, 1.82) is 0 Å². The van der Waals surface area contributed by atoms with Crippen LogP contribution in [-0.2, 0) is 30.1 Å². The van der Waals surface area contributed by atoms with Crippen LogP contribution in [0.5, 0.6) is 0 Å². The van der Waals surface area contributed by atoms with Gasteiger partial charge in [0.25, 0.3) is 5.91 Å². The van der Waals surface area contributed by atoms with E-state index in [0.29, 0.717) is 0 Å². The molecule has 2 aliphatic rings. The van der Waals surface area contributed by atoms with Crippen molar-refractivity contribution in [2.45, 2.75) is 44.4 Å². The van der Waals surface area contributed by atoms with Gasteiger partial charge in [0.2, 0.25) is 5.91 Å². The summed E-state index contributed by atoms with van der Waals surface area (Å²) < 4.78 is 44.8. The topological polar surface area (TPSA) is 131 Å². The predicted octanol–water partition coefficient (Wildman–Crippen LogP) is 1.84. The Morgan fingerprint density at radius 1 is 1.39 bits per heavy atom. The number of nitrogens with zero attached hydrogens (tertiary/aromatic N) is 3. The number of aromatic nitrogens is 2. The van der Waals surface area contributed by atoms with Crippen molar-refractivity contribution in [3.05, 3.63) is 27.1 Å². The zero-order chi connectivity index (χ0) is 24.8. The summed E-state index contributed by atoms with van der Waals surface area (Å²) in [6, 6.07) is -2.25. The number of carbonyl (C=O) groups is 4. The lowest BCUT2D eigenvalue weighted by Gasteiger charge is -2.49. The average molecular weight is 555 g/mol. The minimum absolute atomic E-state index is 0.0739. The van der Waals surface area contributed by atoms with E-state index in [1.54, 1.807) is 0 Å². The fraction of sp³-hybridized carbons (Fsp3) is 0.500. The number of carboxylic acid groups (broad SMARTS) is 1. The number of thioether (sulfide) groups is 1. The van der Waals surface area contributed by atoms with E-state index in [9.17, 15) is 37.5 Å². The van der Waals surface area contributed by atoms with Gasteiger partial charge in [-0.05, 0) is 29.8 Å². The first-order valence-corrected chi connectivity index (χ1v) is 11.2. The molecule has 33 heavy (non-hydrogen) atoms. The summed E-state index contributed by atoms with van der Waals surface area (Å²) in [5.41, 5.74) is -1.18. The van der Waals surface area contributed by atoms with Crippen LogP contribution < -0.4 is 5.32 Å². The molecule has 1 saturated heterocycles. The smallest absolute Gasteiger partial charge is 0.436 e. The van der Waals surface area contributed by atoms with Crippen LogP contribution in [0, 0.1) is 6.92 Å². The molecule has 0 spiro atoms. The maximum absolute atomic E-state index is 13.1. The summed E-state index contributed by atoms with van der Waals surface area (Å²) in [7, 11) is 0. The van der Waals surface area contributed by atoms with Crippen LogP contribution in [0.2, 0.25) is 0 Å². The van der Waals surface area contributed by atoms with Gasteiger partial charge in [0.15, 0.2) is 5.69 Å². The fourth-order valence-electron chi connectivity index (χ4n) is 3.42. The van der Waals surface area contributed by atoms with E-state index in [2.05, 4.69) is 26.3 Å². The Bertz CT molecular complexity index is 1070. The molecule has 3 atom stereocenters. The first kappa shape index (κ1) is 25.1. The van der Waals surface area contributed by atoms with Gasteiger partial charge in [0.05, 0.1) is 10.2 Å². The molecule has 0 bridgehead atoms. The first-order valence-electron chi connectivity index (χ1n) is 9.41. The monoisotopic (exact) mass is 554 g/mol. The van der Waals surface area contributed by atoms with Crippen molar-refractivity contribution < 1.29 is 42.2 Å². The molecule has 180 valence electrons. The maximum Gasteiger partial charge on any atom is 0.436 e. The van der Waals surface area contributed by atoms with Crippen molar-refractivity contribution in [2.75, 3.05) is 12.4 Å². The minimum atomic E-state index is -4.72. The number of rotatable bonds is 6. The van der Waals surface area contributed by atoms with E-state index >= 15 is 0 Å². The number of β-lactam (4-membered cyclic amide) rings is 1. The normalized spacial score (nSPS) is 21.3. The Morgan fingerprint density at radius 3 is 2.55 bits per heavy atom. The summed E-state index contributed by atoms with van der Waals surface area (Å²) in [6.07, 6.45) is -4.72. The number of fused-ring (bicyclic) bond motifs is 1. The molecule has 15 heteroatoms. The van der Waals surface area contributed by atoms with Gasteiger partial charge >= 0.3 is 18.1 Å². The third-order valence-corrected chi connectivity index (χ3v) is 7.38. The summed E-state index contributed by atoms with van der Waals surface area (Å²) in [4.78, 5) is 49.1. The second kappa shape index (κ2) is 9.00. The molecule has 3 heterocycles. The van der Waals surface area contributed by atoms with Crippen LogP contribution in [0.3, 0.4) is 0 Å². The molecule has 3 rings (SSSR count). The Labute approximate surface area is 197 Å². The lowest BCUT2D eigenvalue weighted by molar-refractivity contribution is -0.151. The number of halogens is 4. The molecule has 0 aromatic carbocycles. The van der Waals surface area contributed by atoms with Gasteiger partial charge in [-0.2, -0.15) is 18.3 Å².